The molecule has 154 valence electrons. The zero-order valence-corrected chi connectivity index (χ0v) is 18.3. The Labute approximate surface area is 171 Å². The lowest BCUT2D eigenvalue weighted by molar-refractivity contribution is -0.181. The first-order chi connectivity index (χ1) is 11.8. The highest BCUT2D eigenvalue weighted by molar-refractivity contribution is 14.0. The van der Waals surface area contributed by atoms with E-state index in [9.17, 15) is 13.2 Å². The molecule has 0 radical (unpaired) electrons. The molecular weight excluding hydrogens is 460 g/mol. The molecule has 1 unspecified atom stereocenters. The van der Waals surface area contributed by atoms with Gasteiger partial charge in [-0.1, -0.05) is 6.42 Å². The van der Waals surface area contributed by atoms with Crippen molar-refractivity contribution in [3.05, 3.63) is 0 Å². The Morgan fingerprint density at radius 3 is 2.27 bits per heavy atom. The van der Waals surface area contributed by atoms with E-state index in [1.54, 1.807) is 14.2 Å². The molecule has 1 heterocycles. The molecule has 0 amide bonds. The van der Waals surface area contributed by atoms with Gasteiger partial charge in [-0.15, -0.1) is 24.0 Å². The van der Waals surface area contributed by atoms with Crippen molar-refractivity contribution in [2.45, 2.75) is 44.8 Å². The Morgan fingerprint density at radius 1 is 1.23 bits per heavy atom. The van der Waals surface area contributed by atoms with Gasteiger partial charge in [0.2, 0.25) is 0 Å². The summed E-state index contributed by atoms with van der Waals surface area (Å²) in [5.74, 6) is 0.794. The van der Waals surface area contributed by atoms with Crippen LogP contribution in [0, 0.1) is 5.41 Å². The fourth-order valence-corrected chi connectivity index (χ4v) is 3.64. The number of guanidine groups is 1. The molecule has 2 fully saturated rings. The summed E-state index contributed by atoms with van der Waals surface area (Å²) >= 11 is 0. The number of methoxy groups -OCH3 is 1. The summed E-state index contributed by atoms with van der Waals surface area (Å²) in [6.07, 6.45) is 0.497. The summed E-state index contributed by atoms with van der Waals surface area (Å²) in [6, 6.07) is -1.39. The lowest BCUT2D eigenvalue weighted by atomic mass is 9.67. The number of piperazine rings is 1. The zero-order chi connectivity index (χ0) is 18.5. The van der Waals surface area contributed by atoms with E-state index >= 15 is 0 Å². The average molecular weight is 492 g/mol. The van der Waals surface area contributed by atoms with E-state index in [0.29, 0.717) is 26.2 Å². The van der Waals surface area contributed by atoms with Gasteiger partial charge in [-0.25, -0.2) is 0 Å². The van der Waals surface area contributed by atoms with Crippen LogP contribution in [0.3, 0.4) is 0 Å². The summed E-state index contributed by atoms with van der Waals surface area (Å²) in [5, 5.41) is 3.44. The molecule has 0 bridgehead atoms. The highest BCUT2D eigenvalue weighted by Crippen LogP contribution is 2.43. The molecule has 1 saturated carbocycles. The van der Waals surface area contributed by atoms with Gasteiger partial charge in [-0.05, 0) is 31.6 Å². The standard InChI is InChI=1S/C17H31F3N4O.HI/c1-14(17(18,19)20)23-8-10-24(11-9-23)15(21-2)22-13-16(5-4-6-16)7-12-25-3;/h14H,4-13H2,1-3H3,(H,21,22);1H. The van der Waals surface area contributed by atoms with Crippen molar-refractivity contribution in [2.75, 3.05) is 53.5 Å². The van der Waals surface area contributed by atoms with Gasteiger partial charge in [0, 0.05) is 53.5 Å². The largest absolute Gasteiger partial charge is 0.403 e. The topological polar surface area (TPSA) is 40.1 Å². The van der Waals surface area contributed by atoms with Crippen LogP contribution in [-0.2, 0) is 4.74 Å². The normalized spacial score (nSPS) is 22.4. The third-order valence-corrected chi connectivity index (χ3v) is 5.72. The van der Waals surface area contributed by atoms with Gasteiger partial charge in [0.25, 0.3) is 0 Å². The van der Waals surface area contributed by atoms with Crippen molar-refractivity contribution < 1.29 is 17.9 Å². The SMILES string of the molecule is CN=C(NCC1(CCOC)CCC1)N1CCN(C(C)C(F)(F)F)CC1.I. The molecule has 1 atom stereocenters. The lowest BCUT2D eigenvalue weighted by Gasteiger charge is -2.44. The maximum absolute atomic E-state index is 12.9. The predicted molar refractivity (Wildman–Crippen MR) is 108 cm³/mol. The van der Waals surface area contributed by atoms with E-state index in [-0.39, 0.29) is 29.4 Å². The molecule has 9 heteroatoms. The number of nitrogens with zero attached hydrogens (tertiary/aromatic N) is 3. The Hall–Kier alpha value is -0.290. The Morgan fingerprint density at radius 2 is 1.85 bits per heavy atom. The predicted octanol–water partition coefficient (Wildman–Crippen LogP) is 2.96. The smallest absolute Gasteiger partial charge is 0.385 e. The third kappa shape index (κ3) is 6.12. The molecule has 0 aromatic carbocycles. The second-order valence-corrected chi connectivity index (χ2v) is 7.24. The maximum Gasteiger partial charge on any atom is 0.403 e. The van der Waals surface area contributed by atoms with Crippen LogP contribution >= 0.6 is 24.0 Å². The molecule has 0 aromatic heterocycles. The van der Waals surface area contributed by atoms with Gasteiger partial charge in [-0.3, -0.25) is 9.89 Å². The molecule has 1 N–H and O–H groups in total. The molecule has 2 rings (SSSR count). The Balaban J connectivity index is 0.00000338. The number of alkyl halides is 3. The zero-order valence-electron chi connectivity index (χ0n) is 15.9. The summed E-state index contributed by atoms with van der Waals surface area (Å²) in [7, 11) is 3.45. The van der Waals surface area contributed by atoms with Crippen LogP contribution in [0.15, 0.2) is 4.99 Å². The summed E-state index contributed by atoms with van der Waals surface area (Å²) in [5.41, 5.74) is 0.276. The van der Waals surface area contributed by atoms with Crippen LogP contribution in [0.4, 0.5) is 13.2 Å². The van der Waals surface area contributed by atoms with Crippen LogP contribution < -0.4 is 5.32 Å². The number of hydrogen-bond acceptors (Lipinski definition) is 3. The maximum atomic E-state index is 12.9. The van der Waals surface area contributed by atoms with Gasteiger partial charge >= 0.3 is 6.18 Å². The van der Waals surface area contributed by atoms with Crippen LogP contribution in [0.2, 0.25) is 0 Å². The molecule has 2 aliphatic rings. The molecule has 0 spiro atoms. The molecule has 1 aliphatic carbocycles. The average Bonchev–Trinajstić information content (AvgIpc) is 2.55. The number of hydrogen-bond donors (Lipinski definition) is 1. The monoisotopic (exact) mass is 492 g/mol. The van der Waals surface area contributed by atoms with Gasteiger partial charge in [0.1, 0.15) is 6.04 Å². The van der Waals surface area contributed by atoms with Gasteiger partial charge in [-0.2, -0.15) is 13.2 Å². The fraction of sp³-hybridized carbons (Fsp3) is 0.941. The Kier molecular flexibility index (Phi) is 9.42. The van der Waals surface area contributed by atoms with Gasteiger partial charge in [0.05, 0.1) is 0 Å². The minimum atomic E-state index is -4.17. The molecular formula is C17H32F3IN4O. The second kappa shape index (κ2) is 10.3. The van der Waals surface area contributed by atoms with Crippen molar-refractivity contribution in [1.82, 2.24) is 15.1 Å². The lowest BCUT2D eigenvalue weighted by Crippen LogP contribution is -2.57. The van der Waals surface area contributed by atoms with Crippen LogP contribution in [0.1, 0.15) is 32.6 Å². The number of rotatable bonds is 6. The van der Waals surface area contributed by atoms with Crippen molar-refractivity contribution in [3.8, 4) is 0 Å². The van der Waals surface area contributed by atoms with E-state index in [0.717, 1.165) is 25.5 Å². The highest BCUT2D eigenvalue weighted by atomic mass is 127. The minimum Gasteiger partial charge on any atom is -0.385 e. The van der Waals surface area contributed by atoms with E-state index < -0.39 is 12.2 Å². The fourth-order valence-electron chi connectivity index (χ4n) is 3.64. The highest BCUT2D eigenvalue weighted by Gasteiger charge is 2.41. The first-order valence-corrected chi connectivity index (χ1v) is 9.07. The number of ether oxygens (including phenoxy) is 1. The van der Waals surface area contributed by atoms with Gasteiger partial charge < -0.3 is 15.0 Å². The van der Waals surface area contributed by atoms with Crippen molar-refractivity contribution in [3.63, 3.8) is 0 Å². The van der Waals surface area contributed by atoms with E-state index in [2.05, 4.69) is 15.2 Å². The van der Waals surface area contributed by atoms with Crippen molar-refractivity contribution in [2.24, 2.45) is 10.4 Å². The first-order valence-electron chi connectivity index (χ1n) is 9.07. The van der Waals surface area contributed by atoms with E-state index in [4.69, 9.17) is 4.74 Å². The molecule has 1 saturated heterocycles. The van der Waals surface area contributed by atoms with Gasteiger partial charge in [0.15, 0.2) is 5.96 Å². The van der Waals surface area contributed by atoms with Crippen molar-refractivity contribution in [1.29, 1.82) is 0 Å². The van der Waals surface area contributed by atoms with Crippen molar-refractivity contribution >= 4 is 29.9 Å². The first kappa shape index (κ1) is 23.7. The molecule has 1 aliphatic heterocycles. The number of nitrogens with one attached hydrogen (secondary N) is 1. The summed E-state index contributed by atoms with van der Waals surface area (Å²) in [6.45, 7) is 4.76. The third-order valence-electron chi connectivity index (χ3n) is 5.72. The number of aliphatic imine (C=N–C) groups is 1. The molecule has 0 aromatic rings. The second-order valence-electron chi connectivity index (χ2n) is 7.24. The van der Waals surface area contributed by atoms with Crippen LogP contribution in [0.5, 0.6) is 0 Å². The summed E-state index contributed by atoms with van der Waals surface area (Å²) in [4.78, 5) is 7.89. The minimum absolute atomic E-state index is 0. The Bertz CT molecular complexity index is 450. The number of halogens is 4. The molecule has 5 nitrogen and oxygen atoms in total. The van der Waals surface area contributed by atoms with E-state index in [1.807, 2.05) is 0 Å². The van der Waals surface area contributed by atoms with E-state index in [1.165, 1.54) is 31.1 Å². The summed E-state index contributed by atoms with van der Waals surface area (Å²) < 4.78 is 43.8. The quantitative estimate of drug-likeness (QED) is 0.352. The van der Waals surface area contributed by atoms with Crippen LogP contribution in [0.25, 0.3) is 0 Å². The van der Waals surface area contributed by atoms with Crippen LogP contribution in [-0.4, -0.2) is 81.5 Å². The molecule has 26 heavy (non-hydrogen) atoms.